The van der Waals surface area contributed by atoms with Crippen LogP contribution in [-0.4, -0.2) is 19.9 Å². The van der Waals surface area contributed by atoms with Crippen molar-refractivity contribution in [2.75, 3.05) is 0 Å². The fraction of sp³-hybridized carbons (Fsp3) is 0.150. The number of aryl methyl sites for hydroxylation is 2. The largest absolute Gasteiger partial charge is 0.334 e. The Morgan fingerprint density at radius 1 is 1.00 bits per heavy atom. The second-order valence-electron chi connectivity index (χ2n) is 6.22. The number of halogens is 1. The van der Waals surface area contributed by atoms with Crippen LogP contribution in [0.15, 0.2) is 59.1 Å². The predicted octanol–water partition coefficient (Wildman–Crippen LogP) is 4.40. The van der Waals surface area contributed by atoms with E-state index in [0.29, 0.717) is 23.8 Å². The smallest absolute Gasteiger partial charge is 0.258 e. The van der Waals surface area contributed by atoms with E-state index in [9.17, 15) is 4.39 Å². The number of rotatable bonds is 4. The van der Waals surface area contributed by atoms with Crippen molar-refractivity contribution in [1.82, 2.24) is 19.9 Å². The van der Waals surface area contributed by atoms with Gasteiger partial charge in [0.15, 0.2) is 0 Å². The third-order valence-corrected chi connectivity index (χ3v) is 4.14. The zero-order valence-corrected chi connectivity index (χ0v) is 14.5. The number of hydrogen-bond acceptors (Lipinski definition) is 4. The summed E-state index contributed by atoms with van der Waals surface area (Å²) < 4.78 is 20.4. The summed E-state index contributed by atoms with van der Waals surface area (Å²) in [5.41, 5.74) is 4.75. The minimum absolute atomic E-state index is 0.297. The van der Waals surface area contributed by atoms with Crippen LogP contribution < -0.4 is 0 Å². The molecule has 0 aliphatic heterocycles. The SMILES string of the molecule is Cc1cc(C)n(Cc2cccc(-c3nc(-c4ccc(F)cc4)no3)c2)n1. The molecule has 0 aliphatic carbocycles. The first-order valence-electron chi connectivity index (χ1n) is 8.28. The number of hydrogen-bond donors (Lipinski definition) is 0. The molecule has 0 N–H and O–H groups in total. The number of nitrogens with zero attached hydrogens (tertiary/aromatic N) is 4. The fourth-order valence-corrected chi connectivity index (χ4v) is 2.87. The topological polar surface area (TPSA) is 56.7 Å². The molecular formula is C20H17FN4O. The highest BCUT2D eigenvalue weighted by atomic mass is 19.1. The van der Waals surface area contributed by atoms with Gasteiger partial charge in [-0.05, 0) is 61.9 Å². The lowest BCUT2D eigenvalue weighted by Crippen LogP contribution is -2.03. The van der Waals surface area contributed by atoms with E-state index in [1.165, 1.54) is 12.1 Å². The minimum atomic E-state index is -0.297. The summed E-state index contributed by atoms with van der Waals surface area (Å²) in [5, 5.41) is 8.49. The van der Waals surface area contributed by atoms with Gasteiger partial charge in [0, 0.05) is 16.8 Å². The van der Waals surface area contributed by atoms with Crippen molar-refractivity contribution in [3.8, 4) is 22.8 Å². The first-order chi connectivity index (χ1) is 12.6. The first kappa shape index (κ1) is 16.2. The van der Waals surface area contributed by atoms with Crippen LogP contribution in [0.1, 0.15) is 17.0 Å². The molecule has 0 radical (unpaired) electrons. The molecule has 0 aliphatic rings. The van der Waals surface area contributed by atoms with E-state index in [4.69, 9.17) is 4.52 Å². The Balaban J connectivity index is 1.60. The molecule has 0 bridgehead atoms. The Morgan fingerprint density at radius 3 is 2.54 bits per heavy atom. The molecule has 4 rings (SSSR count). The van der Waals surface area contributed by atoms with Gasteiger partial charge in [0.1, 0.15) is 5.82 Å². The maximum atomic E-state index is 13.1. The molecule has 2 aromatic heterocycles. The Bertz CT molecular complexity index is 1050. The lowest BCUT2D eigenvalue weighted by molar-refractivity contribution is 0.432. The van der Waals surface area contributed by atoms with Crippen molar-refractivity contribution >= 4 is 0 Å². The minimum Gasteiger partial charge on any atom is -0.334 e. The average molecular weight is 348 g/mol. The van der Waals surface area contributed by atoms with E-state index in [1.54, 1.807) is 12.1 Å². The van der Waals surface area contributed by atoms with Gasteiger partial charge in [-0.25, -0.2) is 4.39 Å². The van der Waals surface area contributed by atoms with Crippen molar-refractivity contribution in [1.29, 1.82) is 0 Å². The van der Waals surface area contributed by atoms with E-state index in [0.717, 1.165) is 22.5 Å². The molecular weight excluding hydrogens is 331 g/mol. The molecule has 0 saturated carbocycles. The number of aromatic nitrogens is 4. The standard InChI is InChI=1S/C20H17FN4O/c1-13-10-14(2)25(23-13)12-15-4-3-5-17(11-15)20-22-19(24-26-20)16-6-8-18(21)9-7-16/h3-11H,12H2,1-2H3. The van der Waals surface area contributed by atoms with E-state index in [2.05, 4.69) is 21.3 Å². The van der Waals surface area contributed by atoms with Gasteiger partial charge in [0.2, 0.25) is 5.82 Å². The first-order valence-corrected chi connectivity index (χ1v) is 8.28. The number of benzene rings is 2. The highest BCUT2D eigenvalue weighted by Gasteiger charge is 2.12. The molecule has 5 nitrogen and oxygen atoms in total. The Labute approximate surface area is 150 Å². The van der Waals surface area contributed by atoms with E-state index in [1.807, 2.05) is 42.8 Å². The second kappa shape index (κ2) is 6.55. The third kappa shape index (κ3) is 3.26. The summed E-state index contributed by atoms with van der Waals surface area (Å²) in [6, 6.07) is 16.0. The molecule has 0 unspecified atom stereocenters. The van der Waals surface area contributed by atoms with Gasteiger partial charge in [0.25, 0.3) is 5.89 Å². The van der Waals surface area contributed by atoms with Gasteiger partial charge in [-0.15, -0.1) is 0 Å². The maximum Gasteiger partial charge on any atom is 0.258 e. The van der Waals surface area contributed by atoms with Crippen LogP contribution in [-0.2, 0) is 6.54 Å². The summed E-state index contributed by atoms with van der Waals surface area (Å²) in [4.78, 5) is 4.43. The van der Waals surface area contributed by atoms with Crippen LogP contribution in [0.25, 0.3) is 22.8 Å². The Kier molecular flexibility index (Phi) is 4.08. The fourth-order valence-electron chi connectivity index (χ4n) is 2.87. The summed E-state index contributed by atoms with van der Waals surface area (Å²) in [7, 11) is 0. The van der Waals surface area contributed by atoms with Crippen molar-refractivity contribution < 1.29 is 8.91 Å². The third-order valence-electron chi connectivity index (χ3n) is 4.14. The lowest BCUT2D eigenvalue weighted by Gasteiger charge is -2.05. The average Bonchev–Trinajstić information content (AvgIpc) is 3.23. The Hall–Kier alpha value is -3.28. The molecule has 0 fully saturated rings. The second-order valence-corrected chi connectivity index (χ2v) is 6.22. The molecule has 6 heteroatoms. The van der Waals surface area contributed by atoms with Crippen molar-refractivity contribution in [3.05, 3.63) is 77.4 Å². The van der Waals surface area contributed by atoms with Crippen LogP contribution in [0, 0.1) is 19.7 Å². The highest BCUT2D eigenvalue weighted by Crippen LogP contribution is 2.23. The summed E-state index contributed by atoms with van der Waals surface area (Å²) >= 11 is 0. The molecule has 0 saturated heterocycles. The molecule has 26 heavy (non-hydrogen) atoms. The van der Waals surface area contributed by atoms with Crippen molar-refractivity contribution in [3.63, 3.8) is 0 Å². The lowest BCUT2D eigenvalue weighted by atomic mass is 10.1. The molecule has 4 aromatic rings. The molecule has 0 amide bonds. The van der Waals surface area contributed by atoms with Crippen LogP contribution in [0.3, 0.4) is 0 Å². The van der Waals surface area contributed by atoms with E-state index < -0.39 is 0 Å². The van der Waals surface area contributed by atoms with Gasteiger partial charge in [-0.1, -0.05) is 17.3 Å². The van der Waals surface area contributed by atoms with Crippen molar-refractivity contribution in [2.45, 2.75) is 20.4 Å². The van der Waals surface area contributed by atoms with Crippen LogP contribution in [0.4, 0.5) is 4.39 Å². The van der Waals surface area contributed by atoms with Gasteiger partial charge in [0.05, 0.1) is 12.2 Å². The maximum absolute atomic E-state index is 13.1. The van der Waals surface area contributed by atoms with Gasteiger partial charge in [-0.3, -0.25) is 4.68 Å². The quantitative estimate of drug-likeness (QED) is 0.548. The van der Waals surface area contributed by atoms with Gasteiger partial charge in [-0.2, -0.15) is 10.1 Å². The summed E-state index contributed by atoms with van der Waals surface area (Å²) in [6.07, 6.45) is 0. The summed E-state index contributed by atoms with van der Waals surface area (Å²) in [5.74, 6) is 0.567. The normalized spacial score (nSPS) is 11.0. The molecule has 2 heterocycles. The molecule has 0 spiro atoms. The zero-order valence-electron chi connectivity index (χ0n) is 14.5. The highest BCUT2D eigenvalue weighted by molar-refractivity contribution is 5.60. The van der Waals surface area contributed by atoms with E-state index in [-0.39, 0.29) is 5.82 Å². The van der Waals surface area contributed by atoms with E-state index >= 15 is 0 Å². The monoisotopic (exact) mass is 348 g/mol. The van der Waals surface area contributed by atoms with Crippen molar-refractivity contribution in [2.24, 2.45) is 0 Å². The molecule has 2 aromatic carbocycles. The predicted molar refractivity (Wildman–Crippen MR) is 95.9 cm³/mol. The van der Waals surface area contributed by atoms with Gasteiger partial charge >= 0.3 is 0 Å². The summed E-state index contributed by atoms with van der Waals surface area (Å²) in [6.45, 7) is 4.69. The van der Waals surface area contributed by atoms with Crippen LogP contribution in [0.2, 0.25) is 0 Å². The van der Waals surface area contributed by atoms with Crippen LogP contribution >= 0.6 is 0 Å². The Morgan fingerprint density at radius 2 is 1.81 bits per heavy atom. The van der Waals surface area contributed by atoms with Gasteiger partial charge < -0.3 is 4.52 Å². The zero-order chi connectivity index (χ0) is 18.1. The molecule has 0 atom stereocenters. The molecule has 130 valence electrons. The van der Waals surface area contributed by atoms with Crippen LogP contribution in [0.5, 0.6) is 0 Å².